The summed E-state index contributed by atoms with van der Waals surface area (Å²) in [5.74, 6) is 1.77. The van der Waals surface area contributed by atoms with Crippen LogP contribution in [0.2, 0.25) is 0 Å². The fourth-order valence-electron chi connectivity index (χ4n) is 4.01. The summed E-state index contributed by atoms with van der Waals surface area (Å²) in [7, 11) is 0. The lowest BCUT2D eigenvalue weighted by Gasteiger charge is -2.30. The molecule has 164 valence electrons. The number of benzene rings is 1. The van der Waals surface area contributed by atoms with Crippen LogP contribution in [0.5, 0.6) is 0 Å². The number of carbonyl (C=O) groups excluding carboxylic acids is 1. The van der Waals surface area contributed by atoms with Crippen LogP contribution in [0.25, 0.3) is 28.5 Å². The number of carbonyl (C=O) groups is 1. The lowest BCUT2D eigenvalue weighted by atomic mass is 9.97. The zero-order valence-corrected chi connectivity index (χ0v) is 17.8. The van der Waals surface area contributed by atoms with Gasteiger partial charge in [-0.1, -0.05) is 35.5 Å². The summed E-state index contributed by atoms with van der Waals surface area (Å²) >= 11 is 0. The minimum absolute atomic E-state index is 0.000848. The predicted octanol–water partition coefficient (Wildman–Crippen LogP) is 3.22. The van der Waals surface area contributed by atoms with Crippen molar-refractivity contribution in [3.63, 3.8) is 0 Å². The molecule has 4 heterocycles. The molecule has 0 bridgehead atoms. The van der Waals surface area contributed by atoms with Crippen molar-refractivity contribution in [2.75, 3.05) is 19.7 Å². The molecule has 0 saturated carbocycles. The lowest BCUT2D eigenvalue weighted by Crippen LogP contribution is -2.36. The molecule has 1 saturated heterocycles. The van der Waals surface area contributed by atoms with Gasteiger partial charge in [0, 0.05) is 17.3 Å². The topological polar surface area (TPSA) is 98.7 Å². The molecule has 0 N–H and O–H groups in total. The van der Waals surface area contributed by atoms with E-state index in [2.05, 4.69) is 25.2 Å². The zero-order valence-electron chi connectivity index (χ0n) is 17.8. The molecule has 0 spiro atoms. The van der Waals surface area contributed by atoms with E-state index in [1.54, 1.807) is 0 Å². The van der Waals surface area contributed by atoms with Gasteiger partial charge >= 0.3 is 5.97 Å². The zero-order chi connectivity index (χ0) is 21.9. The summed E-state index contributed by atoms with van der Waals surface area (Å²) < 4.78 is 12.6. The first-order valence-corrected chi connectivity index (χ1v) is 10.8. The highest BCUT2D eigenvalue weighted by Crippen LogP contribution is 2.24. The van der Waals surface area contributed by atoms with Gasteiger partial charge in [0.15, 0.2) is 11.5 Å². The third-order valence-corrected chi connectivity index (χ3v) is 5.76. The van der Waals surface area contributed by atoms with Crippen molar-refractivity contribution < 1.29 is 14.1 Å². The van der Waals surface area contributed by atoms with Gasteiger partial charge in [0.05, 0.1) is 19.1 Å². The van der Waals surface area contributed by atoms with Crippen LogP contribution in [0.1, 0.15) is 25.6 Å². The molecule has 9 nitrogen and oxygen atoms in total. The van der Waals surface area contributed by atoms with E-state index in [1.165, 1.54) is 0 Å². The van der Waals surface area contributed by atoms with E-state index < -0.39 is 0 Å². The molecular weight excluding hydrogens is 408 g/mol. The van der Waals surface area contributed by atoms with Gasteiger partial charge in [-0.2, -0.15) is 4.98 Å². The summed E-state index contributed by atoms with van der Waals surface area (Å²) in [6.07, 6.45) is 3.54. The van der Waals surface area contributed by atoms with Crippen LogP contribution < -0.4 is 0 Å². The maximum absolute atomic E-state index is 11.9. The number of rotatable bonds is 6. The van der Waals surface area contributed by atoms with Crippen molar-refractivity contribution in [3.8, 4) is 22.8 Å². The van der Waals surface area contributed by atoms with Crippen LogP contribution in [0, 0.1) is 5.92 Å². The van der Waals surface area contributed by atoms with Crippen LogP contribution in [-0.4, -0.2) is 55.3 Å². The number of likely N-dealkylation sites (tertiary alicyclic amines) is 1. The van der Waals surface area contributed by atoms with Gasteiger partial charge in [0.25, 0.3) is 5.89 Å². The van der Waals surface area contributed by atoms with E-state index in [0.717, 1.165) is 48.5 Å². The van der Waals surface area contributed by atoms with Gasteiger partial charge in [0.2, 0.25) is 5.82 Å². The Hall–Kier alpha value is -3.59. The summed E-state index contributed by atoms with van der Waals surface area (Å²) in [6, 6.07) is 13.5. The third kappa shape index (κ3) is 4.11. The first-order valence-electron chi connectivity index (χ1n) is 10.8. The number of fused-ring (bicyclic) bond motifs is 1. The fraction of sp³-hybridized carbons (Fsp3) is 0.348. The Morgan fingerprint density at radius 1 is 1.12 bits per heavy atom. The van der Waals surface area contributed by atoms with Crippen LogP contribution in [0.3, 0.4) is 0 Å². The van der Waals surface area contributed by atoms with Crippen molar-refractivity contribution in [1.82, 2.24) is 29.6 Å². The number of piperidine rings is 1. The molecule has 1 aliphatic rings. The van der Waals surface area contributed by atoms with Gasteiger partial charge in [-0.25, -0.2) is 0 Å². The largest absolute Gasteiger partial charge is 0.466 e. The summed E-state index contributed by atoms with van der Waals surface area (Å²) in [5, 5.41) is 12.8. The SMILES string of the molecule is CCOC(=O)C1CCN(Cc2nnc3cc(-c4nc(-c5ccccc5)no4)ccn23)CC1. The molecule has 9 heteroatoms. The average molecular weight is 432 g/mol. The molecule has 0 aliphatic carbocycles. The summed E-state index contributed by atoms with van der Waals surface area (Å²) in [5.41, 5.74) is 2.42. The molecule has 0 radical (unpaired) electrons. The Morgan fingerprint density at radius 2 is 1.94 bits per heavy atom. The molecule has 0 atom stereocenters. The van der Waals surface area contributed by atoms with E-state index in [9.17, 15) is 4.79 Å². The average Bonchev–Trinajstić information content (AvgIpc) is 3.48. The smallest absolute Gasteiger partial charge is 0.309 e. The van der Waals surface area contributed by atoms with E-state index in [0.29, 0.717) is 24.9 Å². The molecule has 0 amide bonds. The minimum Gasteiger partial charge on any atom is -0.466 e. The second-order valence-electron chi connectivity index (χ2n) is 7.85. The highest BCUT2D eigenvalue weighted by molar-refractivity contribution is 5.72. The first kappa shape index (κ1) is 20.3. The third-order valence-electron chi connectivity index (χ3n) is 5.76. The molecule has 1 aliphatic heterocycles. The number of aromatic nitrogens is 5. The van der Waals surface area contributed by atoms with E-state index in [1.807, 2.05) is 60.0 Å². The van der Waals surface area contributed by atoms with Crippen LogP contribution in [0.4, 0.5) is 0 Å². The number of nitrogens with zero attached hydrogens (tertiary/aromatic N) is 6. The standard InChI is InChI=1S/C23H24N6O3/c1-2-31-23(30)17-8-11-28(12-9-17)15-20-26-25-19-14-18(10-13-29(19)20)22-24-21(27-32-22)16-6-4-3-5-7-16/h3-7,10,13-14,17H,2,8-9,11-12,15H2,1H3. The molecule has 1 fully saturated rings. The molecular formula is C23H24N6O3. The predicted molar refractivity (Wildman–Crippen MR) is 116 cm³/mol. The molecule has 1 aromatic carbocycles. The van der Waals surface area contributed by atoms with Gasteiger partial charge < -0.3 is 9.26 Å². The molecule has 5 rings (SSSR count). The highest BCUT2D eigenvalue weighted by atomic mass is 16.5. The number of hydrogen-bond donors (Lipinski definition) is 0. The van der Waals surface area contributed by atoms with E-state index in [-0.39, 0.29) is 11.9 Å². The Labute approximate surface area is 185 Å². The maximum atomic E-state index is 11.9. The Bertz CT molecular complexity index is 1210. The van der Waals surface area contributed by atoms with E-state index in [4.69, 9.17) is 9.26 Å². The van der Waals surface area contributed by atoms with Crippen molar-refractivity contribution in [3.05, 3.63) is 54.5 Å². The molecule has 32 heavy (non-hydrogen) atoms. The molecule has 4 aromatic rings. The Morgan fingerprint density at radius 3 is 2.72 bits per heavy atom. The minimum atomic E-state index is -0.0796. The van der Waals surface area contributed by atoms with Crippen LogP contribution in [-0.2, 0) is 16.1 Å². The lowest BCUT2D eigenvalue weighted by molar-refractivity contribution is -0.149. The monoisotopic (exact) mass is 432 g/mol. The van der Waals surface area contributed by atoms with Gasteiger partial charge in [-0.05, 0) is 45.0 Å². The van der Waals surface area contributed by atoms with Gasteiger partial charge in [0.1, 0.15) is 0 Å². The number of ether oxygens (including phenoxy) is 1. The quantitative estimate of drug-likeness (QED) is 0.428. The number of hydrogen-bond acceptors (Lipinski definition) is 8. The summed E-state index contributed by atoms with van der Waals surface area (Å²) in [6.45, 7) is 4.62. The fourth-order valence-corrected chi connectivity index (χ4v) is 4.01. The van der Waals surface area contributed by atoms with Crippen molar-refractivity contribution >= 4 is 11.6 Å². The number of esters is 1. The maximum Gasteiger partial charge on any atom is 0.309 e. The van der Waals surface area contributed by atoms with Gasteiger partial charge in [-0.15, -0.1) is 10.2 Å². The molecule has 0 unspecified atom stereocenters. The Kier molecular flexibility index (Phi) is 5.64. The van der Waals surface area contributed by atoms with Crippen molar-refractivity contribution in [2.24, 2.45) is 5.92 Å². The Balaban J connectivity index is 1.28. The number of pyridine rings is 1. The second kappa shape index (κ2) is 8.88. The summed E-state index contributed by atoms with van der Waals surface area (Å²) in [4.78, 5) is 18.8. The second-order valence-corrected chi connectivity index (χ2v) is 7.85. The highest BCUT2D eigenvalue weighted by Gasteiger charge is 2.26. The van der Waals surface area contributed by atoms with Gasteiger partial charge in [-0.3, -0.25) is 14.1 Å². The normalized spacial score (nSPS) is 15.3. The van der Waals surface area contributed by atoms with Crippen molar-refractivity contribution in [2.45, 2.75) is 26.3 Å². The van der Waals surface area contributed by atoms with Crippen LogP contribution in [0.15, 0.2) is 53.2 Å². The van der Waals surface area contributed by atoms with Crippen LogP contribution >= 0.6 is 0 Å². The first-order chi connectivity index (χ1) is 15.7. The molecule has 3 aromatic heterocycles. The van der Waals surface area contributed by atoms with Crippen molar-refractivity contribution in [1.29, 1.82) is 0 Å². The van der Waals surface area contributed by atoms with E-state index >= 15 is 0 Å².